The van der Waals surface area contributed by atoms with E-state index in [-0.39, 0.29) is 5.54 Å². The smallest absolute Gasteiger partial charge is 0.160 e. The second kappa shape index (κ2) is 7.16. The number of aromatic nitrogens is 3. The van der Waals surface area contributed by atoms with Crippen LogP contribution in [0.1, 0.15) is 49.1 Å². The third-order valence-corrected chi connectivity index (χ3v) is 6.25. The summed E-state index contributed by atoms with van der Waals surface area (Å²) < 4.78 is 7.58. The predicted octanol–water partition coefficient (Wildman–Crippen LogP) is 3.10. The molecule has 0 bridgehead atoms. The molecule has 0 amide bonds. The van der Waals surface area contributed by atoms with Crippen LogP contribution >= 0.6 is 0 Å². The third kappa shape index (κ3) is 3.21. The first-order chi connectivity index (χ1) is 12.6. The normalized spacial score (nSPS) is 21.2. The molecule has 1 saturated carbocycles. The molecule has 142 valence electrons. The van der Waals surface area contributed by atoms with Crippen LogP contribution in [0.2, 0.25) is 0 Å². The van der Waals surface area contributed by atoms with Gasteiger partial charge < -0.3 is 10.1 Å². The van der Waals surface area contributed by atoms with Gasteiger partial charge in [0.15, 0.2) is 5.65 Å². The van der Waals surface area contributed by atoms with E-state index in [4.69, 9.17) is 14.8 Å². The molecular weight excluding hydrogens is 326 g/mol. The van der Waals surface area contributed by atoms with E-state index in [2.05, 4.69) is 37.1 Å². The Bertz CT molecular complexity index is 772. The Morgan fingerprint density at radius 2 is 1.85 bits per heavy atom. The Kier molecular flexibility index (Phi) is 4.88. The minimum atomic E-state index is 0.239. The second-order valence-corrected chi connectivity index (χ2v) is 7.97. The van der Waals surface area contributed by atoms with E-state index >= 15 is 0 Å². The maximum Gasteiger partial charge on any atom is 0.160 e. The van der Waals surface area contributed by atoms with Gasteiger partial charge in [0, 0.05) is 42.5 Å². The molecule has 2 aromatic rings. The number of fused-ring (bicyclic) bond motifs is 1. The van der Waals surface area contributed by atoms with Gasteiger partial charge >= 0.3 is 0 Å². The summed E-state index contributed by atoms with van der Waals surface area (Å²) in [5, 5.41) is 8.47. The highest BCUT2D eigenvalue weighted by molar-refractivity contribution is 5.56. The first kappa shape index (κ1) is 17.7. The number of nitrogens with zero attached hydrogens (tertiary/aromatic N) is 4. The van der Waals surface area contributed by atoms with Crippen molar-refractivity contribution in [3.8, 4) is 0 Å². The van der Waals surface area contributed by atoms with E-state index in [1.807, 2.05) is 4.52 Å². The van der Waals surface area contributed by atoms with Crippen molar-refractivity contribution in [2.24, 2.45) is 0 Å². The lowest BCUT2D eigenvalue weighted by Gasteiger charge is -2.48. The highest BCUT2D eigenvalue weighted by Crippen LogP contribution is 2.34. The van der Waals surface area contributed by atoms with Crippen molar-refractivity contribution >= 4 is 11.5 Å². The van der Waals surface area contributed by atoms with Crippen LogP contribution in [0.25, 0.3) is 5.65 Å². The lowest BCUT2D eigenvalue weighted by Crippen LogP contribution is -2.58. The van der Waals surface area contributed by atoms with Crippen LogP contribution in [0.5, 0.6) is 0 Å². The van der Waals surface area contributed by atoms with Crippen LogP contribution < -0.4 is 5.32 Å². The molecule has 6 nitrogen and oxygen atoms in total. The fourth-order valence-corrected chi connectivity index (χ4v) is 4.58. The quantitative estimate of drug-likeness (QED) is 0.911. The molecule has 0 atom stereocenters. The maximum atomic E-state index is 5.60. The summed E-state index contributed by atoms with van der Waals surface area (Å²) in [6.45, 7) is 11.0. The molecule has 2 aliphatic rings. The number of ether oxygens (including phenoxy) is 1. The van der Waals surface area contributed by atoms with Crippen molar-refractivity contribution in [2.75, 3.05) is 38.2 Å². The topological polar surface area (TPSA) is 54.7 Å². The molecule has 6 heteroatoms. The van der Waals surface area contributed by atoms with Crippen LogP contribution in [0, 0.1) is 20.8 Å². The summed E-state index contributed by atoms with van der Waals surface area (Å²) >= 11 is 0. The van der Waals surface area contributed by atoms with Crippen molar-refractivity contribution in [1.82, 2.24) is 19.5 Å². The van der Waals surface area contributed by atoms with Gasteiger partial charge in [-0.3, -0.25) is 4.90 Å². The van der Waals surface area contributed by atoms with Gasteiger partial charge in [-0.15, -0.1) is 0 Å². The highest BCUT2D eigenvalue weighted by atomic mass is 16.5. The average Bonchev–Trinajstić information content (AvgIpc) is 2.96. The zero-order valence-corrected chi connectivity index (χ0v) is 16.3. The van der Waals surface area contributed by atoms with E-state index in [0.29, 0.717) is 0 Å². The summed E-state index contributed by atoms with van der Waals surface area (Å²) in [5.74, 6) is 1.06. The van der Waals surface area contributed by atoms with E-state index in [1.54, 1.807) is 0 Å². The molecule has 1 aliphatic heterocycles. The zero-order valence-electron chi connectivity index (χ0n) is 16.3. The minimum absolute atomic E-state index is 0.239. The molecule has 4 rings (SSSR count). The van der Waals surface area contributed by atoms with Crippen molar-refractivity contribution in [3.05, 3.63) is 23.0 Å². The first-order valence-electron chi connectivity index (χ1n) is 9.99. The van der Waals surface area contributed by atoms with Crippen LogP contribution in [0.3, 0.4) is 0 Å². The van der Waals surface area contributed by atoms with Crippen molar-refractivity contribution in [1.29, 1.82) is 0 Å². The Hall–Kier alpha value is -1.66. The van der Waals surface area contributed by atoms with Gasteiger partial charge in [0.05, 0.1) is 18.9 Å². The lowest BCUT2D eigenvalue weighted by atomic mass is 9.79. The third-order valence-electron chi connectivity index (χ3n) is 6.25. The van der Waals surface area contributed by atoms with Gasteiger partial charge in [-0.25, -0.2) is 4.98 Å². The van der Waals surface area contributed by atoms with Gasteiger partial charge in [0.1, 0.15) is 5.82 Å². The number of aryl methyl sites for hydroxylation is 3. The Morgan fingerprint density at radius 3 is 2.58 bits per heavy atom. The molecule has 1 saturated heterocycles. The maximum absolute atomic E-state index is 5.60. The number of nitrogens with one attached hydrogen (secondary N) is 1. The molecule has 2 aromatic heterocycles. The summed E-state index contributed by atoms with van der Waals surface area (Å²) in [6.07, 6.45) is 6.55. The molecule has 3 heterocycles. The molecule has 2 fully saturated rings. The van der Waals surface area contributed by atoms with Crippen molar-refractivity contribution in [3.63, 3.8) is 0 Å². The largest absolute Gasteiger partial charge is 0.379 e. The standard InChI is InChI=1S/C20H31N5O/c1-15-13-18(25-19(22-15)16(2)17(3)23-25)21-14-20(7-5-4-6-8-20)24-9-11-26-12-10-24/h13,21H,4-12,14H2,1-3H3. The summed E-state index contributed by atoms with van der Waals surface area (Å²) in [4.78, 5) is 7.37. The van der Waals surface area contributed by atoms with Crippen LogP contribution in [0.15, 0.2) is 6.07 Å². The Labute approximate surface area is 155 Å². The Morgan fingerprint density at radius 1 is 1.12 bits per heavy atom. The number of anilines is 1. The van der Waals surface area contributed by atoms with Gasteiger partial charge in [-0.2, -0.15) is 9.61 Å². The molecule has 0 aromatic carbocycles. The SMILES string of the molecule is Cc1cc(NCC2(N3CCOCC3)CCCCC2)n2nc(C)c(C)c2n1. The molecule has 1 N–H and O–H groups in total. The number of morpholine rings is 1. The van der Waals surface area contributed by atoms with Crippen LogP contribution in [-0.4, -0.2) is 57.9 Å². The summed E-state index contributed by atoms with van der Waals surface area (Å²) in [5.41, 5.74) is 4.45. The van der Waals surface area contributed by atoms with E-state index in [0.717, 1.165) is 61.3 Å². The number of rotatable bonds is 4. The summed E-state index contributed by atoms with van der Waals surface area (Å²) in [6, 6.07) is 2.12. The van der Waals surface area contributed by atoms with E-state index in [9.17, 15) is 0 Å². The van der Waals surface area contributed by atoms with E-state index in [1.165, 1.54) is 32.1 Å². The lowest BCUT2D eigenvalue weighted by molar-refractivity contribution is -0.0318. The molecule has 26 heavy (non-hydrogen) atoms. The summed E-state index contributed by atoms with van der Waals surface area (Å²) in [7, 11) is 0. The van der Waals surface area contributed by atoms with Crippen molar-refractivity contribution < 1.29 is 4.74 Å². The number of hydrogen-bond acceptors (Lipinski definition) is 5. The van der Waals surface area contributed by atoms with Crippen LogP contribution in [-0.2, 0) is 4.74 Å². The number of hydrogen-bond donors (Lipinski definition) is 1. The fourth-order valence-electron chi connectivity index (χ4n) is 4.58. The Balaban J connectivity index is 1.61. The van der Waals surface area contributed by atoms with Crippen LogP contribution in [0.4, 0.5) is 5.82 Å². The molecular formula is C20H31N5O. The van der Waals surface area contributed by atoms with Crippen molar-refractivity contribution in [2.45, 2.75) is 58.4 Å². The highest BCUT2D eigenvalue weighted by Gasteiger charge is 2.38. The molecule has 0 unspecified atom stereocenters. The molecule has 1 aliphatic carbocycles. The minimum Gasteiger partial charge on any atom is -0.379 e. The predicted molar refractivity (Wildman–Crippen MR) is 104 cm³/mol. The average molecular weight is 358 g/mol. The monoisotopic (exact) mass is 357 g/mol. The van der Waals surface area contributed by atoms with Gasteiger partial charge in [0.25, 0.3) is 0 Å². The van der Waals surface area contributed by atoms with E-state index < -0.39 is 0 Å². The molecule has 0 spiro atoms. The zero-order chi connectivity index (χ0) is 18.1. The van der Waals surface area contributed by atoms with Gasteiger partial charge in [0.2, 0.25) is 0 Å². The van der Waals surface area contributed by atoms with Gasteiger partial charge in [-0.05, 0) is 33.6 Å². The molecule has 0 radical (unpaired) electrons. The fraction of sp³-hybridized carbons (Fsp3) is 0.700. The first-order valence-corrected chi connectivity index (χ1v) is 9.99. The second-order valence-electron chi connectivity index (χ2n) is 7.97. The van der Waals surface area contributed by atoms with Gasteiger partial charge in [-0.1, -0.05) is 19.3 Å².